The van der Waals surface area contributed by atoms with Gasteiger partial charge in [-0.05, 0) is 50.4 Å². The number of aldehydes is 1. The Labute approximate surface area is 97.3 Å². The van der Waals surface area contributed by atoms with Crippen LogP contribution in [0.3, 0.4) is 0 Å². The number of likely N-dealkylation sites (tertiary alicyclic amines) is 1. The molecule has 16 heavy (non-hydrogen) atoms. The second kappa shape index (κ2) is 5.26. The molecule has 0 spiro atoms. The topological polar surface area (TPSA) is 20.3 Å². The molecule has 0 radical (unpaired) electrons. The molecule has 1 aliphatic rings. The normalized spacial score (nSPS) is 21.9. The first kappa shape index (κ1) is 11.3. The summed E-state index contributed by atoms with van der Waals surface area (Å²) in [6.07, 6.45) is 4.65. The van der Waals surface area contributed by atoms with E-state index in [2.05, 4.69) is 18.0 Å². The zero-order valence-electron chi connectivity index (χ0n) is 9.86. The van der Waals surface area contributed by atoms with Crippen molar-refractivity contribution in [2.24, 2.45) is 5.92 Å². The van der Waals surface area contributed by atoms with Crippen molar-refractivity contribution < 1.29 is 4.79 Å². The highest BCUT2D eigenvalue weighted by Crippen LogP contribution is 2.20. The smallest absolute Gasteiger partial charge is 0.150 e. The molecule has 86 valence electrons. The van der Waals surface area contributed by atoms with Crippen LogP contribution < -0.4 is 0 Å². The fraction of sp³-hybridized carbons (Fsp3) is 0.500. The van der Waals surface area contributed by atoms with E-state index in [1.165, 1.54) is 31.5 Å². The maximum atomic E-state index is 10.7. The zero-order valence-corrected chi connectivity index (χ0v) is 9.86. The second-order valence-corrected chi connectivity index (χ2v) is 4.84. The minimum Gasteiger partial charge on any atom is -0.306 e. The van der Waals surface area contributed by atoms with Crippen LogP contribution >= 0.6 is 0 Å². The molecule has 1 unspecified atom stereocenters. The lowest BCUT2D eigenvalue weighted by Gasteiger charge is -2.29. The Morgan fingerprint density at radius 1 is 1.50 bits per heavy atom. The van der Waals surface area contributed by atoms with Crippen LogP contribution in [0.1, 0.15) is 28.8 Å². The molecule has 0 aliphatic carbocycles. The van der Waals surface area contributed by atoms with Crippen LogP contribution in [0.2, 0.25) is 0 Å². The first-order valence-corrected chi connectivity index (χ1v) is 6.00. The predicted molar refractivity (Wildman–Crippen MR) is 65.8 cm³/mol. The Balaban J connectivity index is 1.99. The van der Waals surface area contributed by atoms with Crippen molar-refractivity contribution in [1.82, 2.24) is 4.90 Å². The van der Waals surface area contributed by atoms with Gasteiger partial charge in [0.1, 0.15) is 6.29 Å². The van der Waals surface area contributed by atoms with Gasteiger partial charge in [-0.3, -0.25) is 4.79 Å². The molecule has 2 rings (SSSR count). The van der Waals surface area contributed by atoms with E-state index in [0.29, 0.717) is 0 Å². The Hall–Kier alpha value is -1.15. The minimum absolute atomic E-state index is 0.751. The van der Waals surface area contributed by atoms with Crippen LogP contribution in [0, 0.1) is 5.92 Å². The highest BCUT2D eigenvalue weighted by molar-refractivity contribution is 5.74. The molecule has 0 N–H and O–H groups in total. The van der Waals surface area contributed by atoms with E-state index in [0.717, 1.165) is 24.2 Å². The third-order valence-electron chi connectivity index (χ3n) is 3.33. The van der Waals surface area contributed by atoms with E-state index >= 15 is 0 Å². The first-order chi connectivity index (χ1) is 7.78. The average Bonchev–Trinajstić information content (AvgIpc) is 2.29. The standard InChI is InChI=1S/C14H19NO/c1-15-7-3-6-13(10-15)8-12-4-2-5-14(9-12)11-16/h2,4-5,9,11,13H,3,6-8,10H2,1H3. The monoisotopic (exact) mass is 217 g/mol. The molecule has 1 aromatic carbocycles. The van der Waals surface area contributed by atoms with E-state index < -0.39 is 0 Å². The van der Waals surface area contributed by atoms with Crippen LogP contribution in [0.4, 0.5) is 0 Å². The van der Waals surface area contributed by atoms with Gasteiger partial charge < -0.3 is 4.90 Å². The lowest BCUT2D eigenvalue weighted by Crippen LogP contribution is -2.32. The van der Waals surface area contributed by atoms with Gasteiger partial charge in [0.15, 0.2) is 0 Å². The average molecular weight is 217 g/mol. The van der Waals surface area contributed by atoms with Gasteiger partial charge in [-0.25, -0.2) is 0 Å². The first-order valence-electron chi connectivity index (χ1n) is 6.00. The number of carbonyl (C=O) groups is 1. The van der Waals surface area contributed by atoms with Crippen molar-refractivity contribution in [3.63, 3.8) is 0 Å². The molecule has 1 fully saturated rings. The molecule has 1 aliphatic heterocycles. The quantitative estimate of drug-likeness (QED) is 0.725. The molecule has 1 saturated heterocycles. The number of hydrogen-bond acceptors (Lipinski definition) is 2. The summed E-state index contributed by atoms with van der Waals surface area (Å²) in [5, 5.41) is 0. The van der Waals surface area contributed by atoms with Crippen molar-refractivity contribution in [1.29, 1.82) is 0 Å². The van der Waals surface area contributed by atoms with Crippen molar-refractivity contribution >= 4 is 6.29 Å². The van der Waals surface area contributed by atoms with Crippen LogP contribution in [0.5, 0.6) is 0 Å². The van der Waals surface area contributed by atoms with E-state index in [-0.39, 0.29) is 0 Å². The van der Waals surface area contributed by atoms with E-state index in [1.54, 1.807) is 0 Å². The van der Waals surface area contributed by atoms with Gasteiger partial charge in [-0.1, -0.05) is 18.2 Å². The minimum atomic E-state index is 0.751. The van der Waals surface area contributed by atoms with Gasteiger partial charge in [-0.2, -0.15) is 0 Å². The van der Waals surface area contributed by atoms with Gasteiger partial charge in [0, 0.05) is 12.1 Å². The third kappa shape index (κ3) is 2.92. The molecule has 1 heterocycles. The zero-order chi connectivity index (χ0) is 11.4. The Morgan fingerprint density at radius 3 is 3.12 bits per heavy atom. The van der Waals surface area contributed by atoms with Gasteiger partial charge in [0.05, 0.1) is 0 Å². The van der Waals surface area contributed by atoms with Crippen LogP contribution in [-0.4, -0.2) is 31.3 Å². The van der Waals surface area contributed by atoms with E-state index in [4.69, 9.17) is 0 Å². The highest BCUT2D eigenvalue weighted by atomic mass is 16.1. The number of rotatable bonds is 3. The maximum absolute atomic E-state index is 10.7. The SMILES string of the molecule is CN1CCCC(Cc2cccc(C=O)c2)C1. The molecular formula is C14H19NO. The molecule has 0 bridgehead atoms. The van der Waals surface area contributed by atoms with E-state index in [9.17, 15) is 4.79 Å². The summed E-state index contributed by atoms with van der Waals surface area (Å²) in [6, 6.07) is 7.98. The number of benzene rings is 1. The highest BCUT2D eigenvalue weighted by Gasteiger charge is 2.17. The largest absolute Gasteiger partial charge is 0.306 e. The van der Waals surface area contributed by atoms with Crippen LogP contribution in [0.25, 0.3) is 0 Å². The summed E-state index contributed by atoms with van der Waals surface area (Å²) in [7, 11) is 2.19. The molecule has 0 saturated carbocycles. The van der Waals surface area contributed by atoms with Crippen LogP contribution in [-0.2, 0) is 6.42 Å². The molecule has 1 atom stereocenters. The second-order valence-electron chi connectivity index (χ2n) is 4.84. The van der Waals surface area contributed by atoms with Gasteiger partial charge >= 0.3 is 0 Å². The Morgan fingerprint density at radius 2 is 2.38 bits per heavy atom. The van der Waals surface area contributed by atoms with Gasteiger partial charge in [0.2, 0.25) is 0 Å². The fourth-order valence-corrected chi connectivity index (χ4v) is 2.57. The van der Waals surface area contributed by atoms with Crippen molar-refractivity contribution in [3.05, 3.63) is 35.4 Å². The number of carbonyl (C=O) groups excluding carboxylic acids is 1. The molecular weight excluding hydrogens is 198 g/mol. The number of hydrogen-bond donors (Lipinski definition) is 0. The summed E-state index contributed by atoms with van der Waals surface area (Å²) in [5.74, 6) is 0.751. The van der Waals surface area contributed by atoms with Gasteiger partial charge in [0.25, 0.3) is 0 Å². The summed E-state index contributed by atoms with van der Waals surface area (Å²) in [5.41, 5.74) is 2.09. The number of nitrogens with zero attached hydrogens (tertiary/aromatic N) is 1. The Bertz CT molecular complexity index is 362. The fourth-order valence-electron chi connectivity index (χ4n) is 2.57. The predicted octanol–water partition coefficient (Wildman–Crippen LogP) is 2.38. The summed E-state index contributed by atoms with van der Waals surface area (Å²) >= 11 is 0. The van der Waals surface area contributed by atoms with Crippen molar-refractivity contribution in [2.75, 3.05) is 20.1 Å². The lowest BCUT2D eigenvalue weighted by atomic mass is 9.91. The third-order valence-corrected chi connectivity index (χ3v) is 3.33. The van der Waals surface area contributed by atoms with Crippen molar-refractivity contribution in [2.45, 2.75) is 19.3 Å². The molecule has 2 nitrogen and oxygen atoms in total. The Kier molecular flexibility index (Phi) is 3.73. The molecule has 0 aromatic heterocycles. The lowest BCUT2D eigenvalue weighted by molar-refractivity contribution is 0.112. The maximum Gasteiger partial charge on any atom is 0.150 e. The number of piperidine rings is 1. The summed E-state index contributed by atoms with van der Waals surface area (Å²) in [6.45, 7) is 2.41. The van der Waals surface area contributed by atoms with Gasteiger partial charge in [-0.15, -0.1) is 0 Å². The molecule has 0 amide bonds. The summed E-state index contributed by atoms with van der Waals surface area (Å²) < 4.78 is 0. The van der Waals surface area contributed by atoms with E-state index in [1.807, 2.05) is 18.2 Å². The van der Waals surface area contributed by atoms with Crippen molar-refractivity contribution in [3.8, 4) is 0 Å². The molecule has 2 heteroatoms. The van der Waals surface area contributed by atoms with Crippen LogP contribution in [0.15, 0.2) is 24.3 Å². The summed E-state index contributed by atoms with van der Waals surface area (Å²) in [4.78, 5) is 13.1. The molecule has 1 aromatic rings.